The van der Waals surface area contributed by atoms with Gasteiger partial charge in [0.05, 0.1) is 28.6 Å². The predicted octanol–water partition coefficient (Wildman–Crippen LogP) is 1.54. The Kier molecular flexibility index (Phi) is 2.35. The second-order valence-electron chi connectivity index (χ2n) is 3.07. The van der Waals surface area contributed by atoms with Gasteiger partial charge < -0.3 is 0 Å². The summed E-state index contributed by atoms with van der Waals surface area (Å²) in [5.74, 6) is 0. The van der Waals surface area contributed by atoms with Gasteiger partial charge in [-0.2, -0.15) is 5.10 Å². The summed E-state index contributed by atoms with van der Waals surface area (Å²) in [5.41, 5.74) is 1.28. The number of hydrogen-bond acceptors (Lipinski definition) is 3. The summed E-state index contributed by atoms with van der Waals surface area (Å²) < 4.78 is 5.36. The Morgan fingerprint density at radius 1 is 1.75 bits per heavy atom. The fourth-order valence-corrected chi connectivity index (χ4v) is 2.14. The summed E-state index contributed by atoms with van der Waals surface area (Å²) in [5, 5.41) is 4.29. The van der Waals surface area contributed by atoms with E-state index in [4.69, 9.17) is 0 Å². The summed E-state index contributed by atoms with van der Waals surface area (Å²) >= 11 is 6.70. The first-order chi connectivity index (χ1) is 5.68. The first-order valence-electron chi connectivity index (χ1n) is 3.84. The third-order valence-corrected chi connectivity index (χ3v) is 3.59. The molecule has 1 aromatic heterocycles. The zero-order valence-corrected chi connectivity index (χ0v) is 9.79. The molecule has 1 aliphatic heterocycles. The minimum Gasteiger partial charge on any atom is -0.266 e. The Labute approximate surface area is 90.8 Å². The molecule has 3 nitrogen and oxygen atoms in total. The van der Waals surface area contributed by atoms with E-state index in [1.165, 1.54) is 9.26 Å². The van der Waals surface area contributed by atoms with Gasteiger partial charge in [0, 0.05) is 6.04 Å². The van der Waals surface area contributed by atoms with E-state index in [1.807, 2.05) is 6.20 Å². The van der Waals surface area contributed by atoms with Crippen molar-refractivity contribution in [3.05, 3.63) is 15.5 Å². The molecular formula is C7H10IN3S. The molecule has 0 aliphatic carbocycles. The largest absolute Gasteiger partial charge is 0.266 e. The van der Waals surface area contributed by atoms with Gasteiger partial charge in [-0.15, -0.1) is 0 Å². The molecule has 0 radical (unpaired) electrons. The molecule has 0 amide bonds. The Bertz CT molecular complexity index is 299. The van der Waals surface area contributed by atoms with Crippen LogP contribution in [0.25, 0.3) is 0 Å². The van der Waals surface area contributed by atoms with Crippen LogP contribution < -0.4 is 0 Å². The van der Waals surface area contributed by atoms with Gasteiger partial charge in [0.25, 0.3) is 0 Å². The zero-order valence-electron chi connectivity index (χ0n) is 6.74. The number of halogens is 1. The van der Waals surface area contributed by atoms with E-state index < -0.39 is 0 Å². The molecule has 0 aromatic carbocycles. The van der Waals surface area contributed by atoms with Crippen molar-refractivity contribution < 1.29 is 0 Å². The van der Waals surface area contributed by atoms with E-state index in [2.05, 4.69) is 56.4 Å². The van der Waals surface area contributed by atoms with Gasteiger partial charge in [-0.1, -0.05) is 12.8 Å². The van der Waals surface area contributed by atoms with Crippen LogP contribution in [-0.4, -0.2) is 20.1 Å². The lowest BCUT2D eigenvalue weighted by atomic mass is 10.2. The highest BCUT2D eigenvalue weighted by atomic mass is 127. The van der Waals surface area contributed by atoms with E-state index in [0.717, 1.165) is 13.1 Å². The first-order valence-corrected chi connectivity index (χ1v) is 5.32. The molecule has 2 heterocycles. The summed E-state index contributed by atoms with van der Waals surface area (Å²) in [6, 6.07) is 0.469. The maximum atomic E-state index is 4.39. The van der Waals surface area contributed by atoms with Crippen LogP contribution in [0.15, 0.2) is 6.20 Å². The second-order valence-corrected chi connectivity index (χ2v) is 4.74. The fraction of sp³-hybridized carbons (Fsp3) is 0.571. The molecule has 0 unspecified atom stereocenters. The van der Waals surface area contributed by atoms with E-state index in [-0.39, 0.29) is 0 Å². The van der Waals surface area contributed by atoms with Gasteiger partial charge in [0.1, 0.15) is 0 Å². The Balaban J connectivity index is 2.36. The van der Waals surface area contributed by atoms with Crippen LogP contribution in [0.5, 0.6) is 0 Å². The molecule has 1 aliphatic rings. The highest BCUT2D eigenvalue weighted by Crippen LogP contribution is 2.22. The van der Waals surface area contributed by atoms with E-state index in [1.54, 1.807) is 0 Å². The summed E-state index contributed by atoms with van der Waals surface area (Å²) in [7, 11) is 0. The van der Waals surface area contributed by atoms with E-state index in [0.29, 0.717) is 6.04 Å². The maximum absolute atomic E-state index is 4.39. The minimum atomic E-state index is 0.469. The molecule has 1 aromatic rings. The zero-order chi connectivity index (χ0) is 8.72. The molecule has 12 heavy (non-hydrogen) atoms. The van der Waals surface area contributed by atoms with Crippen LogP contribution >= 0.6 is 35.4 Å². The lowest BCUT2D eigenvalue weighted by Gasteiger charge is -2.29. The van der Waals surface area contributed by atoms with Gasteiger partial charge in [0.2, 0.25) is 0 Å². The van der Waals surface area contributed by atoms with Gasteiger partial charge in [-0.25, -0.2) is 4.31 Å². The number of rotatable bonds is 0. The summed E-state index contributed by atoms with van der Waals surface area (Å²) in [4.78, 5) is 0. The molecule has 5 heteroatoms. The molecule has 0 spiro atoms. The number of aromatic nitrogens is 2. The average Bonchev–Trinajstić information content (AvgIpc) is 2.35. The van der Waals surface area contributed by atoms with Crippen molar-refractivity contribution in [1.82, 2.24) is 14.1 Å². The van der Waals surface area contributed by atoms with Crippen molar-refractivity contribution in [2.45, 2.75) is 26.1 Å². The Hall–Kier alpha value is 0.250. The standard InChI is InChI=1S/C7H10IN3S/c1-5-3-10-7(4-11(5)12)6(8)2-9-10/h2,5,12H,3-4H2,1H3/t5-/m0/s1. The maximum Gasteiger partial charge on any atom is 0.0668 e. The first kappa shape index (κ1) is 8.83. The smallest absolute Gasteiger partial charge is 0.0668 e. The number of fused-ring (bicyclic) bond motifs is 1. The van der Waals surface area contributed by atoms with Crippen molar-refractivity contribution in [3.8, 4) is 0 Å². The second kappa shape index (κ2) is 3.19. The highest BCUT2D eigenvalue weighted by Gasteiger charge is 2.22. The lowest BCUT2D eigenvalue weighted by Crippen LogP contribution is -2.35. The van der Waals surface area contributed by atoms with Crippen LogP contribution in [-0.2, 0) is 13.1 Å². The number of thiol groups is 1. The molecule has 0 fully saturated rings. The lowest BCUT2D eigenvalue weighted by molar-refractivity contribution is 0.273. The molecule has 0 saturated heterocycles. The van der Waals surface area contributed by atoms with E-state index >= 15 is 0 Å². The van der Waals surface area contributed by atoms with Gasteiger partial charge in [-0.3, -0.25) is 4.68 Å². The van der Waals surface area contributed by atoms with Crippen molar-refractivity contribution in [3.63, 3.8) is 0 Å². The van der Waals surface area contributed by atoms with Crippen molar-refractivity contribution in [1.29, 1.82) is 0 Å². The molecule has 1 atom stereocenters. The quantitative estimate of drug-likeness (QED) is 0.579. The molecule has 2 rings (SSSR count). The Morgan fingerprint density at radius 3 is 3.25 bits per heavy atom. The highest BCUT2D eigenvalue weighted by molar-refractivity contribution is 14.1. The van der Waals surface area contributed by atoms with Crippen molar-refractivity contribution in [2.75, 3.05) is 0 Å². The molecule has 0 saturated carbocycles. The van der Waals surface area contributed by atoms with Gasteiger partial charge in [-0.05, 0) is 29.5 Å². The van der Waals surface area contributed by atoms with Crippen LogP contribution in [0.2, 0.25) is 0 Å². The predicted molar refractivity (Wildman–Crippen MR) is 58.9 cm³/mol. The van der Waals surface area contributed by atoms with E-state index in [9.17, 15) is 0 Å². The molecular weight excluding hydrogens is 285 g/mol. The number of hydrogen-bond donors (Lipinski definition) is 1. The van der Waals surface area contributed by atoms with Crippen LogP contribution in [0.4, 0.5) is 0 Å². The third-order valence-electron chi connectivity index (χ3n) is 2.16. The van der Waals surface area contributed by atoms with Crippen LogP contribution in [0.3, 0.4) is 0 Å². The third kappa shape index (κ3) is 1.38. The topological polar surface area (TPSA) is 21.1 Å². The monoisotopic (exact) mass is 295 g/mol. The van der Waals surface area contributed by atoms with Crippen LogP contribution in [0, 0.1) is 3.57 Å². The summed E-state index contributed by atoms with van der Waals surface area (Å²) in [6.07, 6.45) is 1.91. The molecule has 0 N–H and O–H groups in total. The fourth-order valence-electron chi connectivity index (χ4n) is 1.36. The van der Waals surface area contributed by atoms with Crippen molar-refractivity contribution in [2.24, 2.45) is 0 Å². The normalized spacial score (nSPS) is 24.1. The van der Waals surface area contributed by atoms with Gasteiger partial charge >= 0.3 is 0 Å². The average molecular weight is 295 g/mol. The molecule has 0 bridgehead atoms. The molecule has 66 valence electrons. The Morgan fingerprint density at radius 2 is 2.50 bits per heavy atom. The SMILES string of the molecule is C[C@H]1Cn2ncc(I)c2CN1S. The van der Waals surface area contributed by atoms with Gasteiger partial charge in [0.15, 0.2) is 0 Å². The van der Waals surface area contributed by atoms with Crippen molar-refractivity contribution >= 4 is 35.4 Å². The number of nitrogens with zero attached hydrogens (tertiary/aromatic N) is 3. The minimum absolute atomic E-state index is 0.469. The van der Waals surface area contributed by atoms with Crippen LogP contribution in [0.1, 0.15) is 12.6 Å². The summed E-state index contributed by atoms with van der Waals surface area (Å²) in [6.45, 7) is 3.99.